The summed E-state index contributed by atoms with van der Waals surface area (Å²) in [5, 5.41) is 12.1. The predicted octanol–water partition coefficient (Wildman–Crippen LogP) is 2.95. The molecule has 112 valence electrons. The van der Waals surface area contributed by atoms with Crippen molar-refractivity contribution in [2.24, 2.45) is 5.92 Å². The average Bonchev–Trinajstić information content (AvgIpc) is 3.18. The van der Waals surface area contributed by atoms with Gasteiger partial charge in [-0.1, -0.05) is 13.8 Å². The molecule has 0 atom stereocenters. The lowest BCUT2D eigenvalue weighted by Crippen LogP contribution is -2.26. The molecule has 1 aliphatic rings. The van der Waals surface area contributed by atoms with E-state index in [4.69, 9.17) is 0 Å². The van der Waals surface area contributed by atoms with Gasteiger partial charge < -0.3 is 9.88 Å². The number of carbonyl (C=O) groups is 1. The van der Waals surface area contributed by atoms with Gasteiger partial charge in [-0.3, -0.25) is 4.79 Å². The van der Waals surface area contributed by atoms with Gasteiger partial charge in [0.25, 0.3) is 5.91 Å². The van der Waals surface area contributed by atoms with Gasteiger partial charge in [-0.05, 0) is 50.3 Å². The van der Waals surface area contributed by atoms with Crippen LogP contribution in [0, 0.1) is 31.1 Å². The first-order valence-electron chi connectivity index (χ1n) is 7.51. The number of nitrogens with one attached hydrogen (secondary N) is 1. The molecule has 1 heterocycles. The summed E-state index contributed by atoms with van der Waals surface area (Å²) in [4.78, 5) is 12.0. The first kappa shape index (κ1) is 15.4. The van der Waals surface area contributed by atoms with Crippen molar-refractivity contribution in [1.82, 2.24) is 9.88 Å². The SMILES string of the molecule is Cc1cc(/C=C(\C#N)C(=O)NC2CC2)c(C)n1CC(C)C. The van der Waals surface area contributed by atoms with Crippen molar-refractivity contribution in [3.63, 3.8) is 0 Å². The molecule has 0 unspecified atom stereocenters. The van der Waals surface area contributed by atoms with E-state index >= 15 is 0 Å². The second-order valence-electron chi connectivity index (χ2n) is 6.25. The molecule has 4 heteroatoms. The standard InChI is InChI=1S/C17H23N3O/c1-11(2)10-20-12(3)7-14(13(20)4)8-15(9-18)17(21)19-16-5-6-16/h7-8,11,16H,5-6,10H2,1-4H3,(H,19,21)/b15-8+. The molecular weight excluding hydrogens is 262 g/mol. The monoisotopic (exact) mass is 285 g/mol. The summed E-state index contributed by atoms with van der Waals surface area (Å²) in [5.41, 5.74) is 3.41. The van der Waals surface area contributed by atoms with Crippen molar-refractivity contribution < 1.29 is 4.79 Å². The molecule has 0 radical (unpaired) electrons. The Hall–Kier alpha value is -2.02. The first-order chi connectivity index (χ1) is 9.92. The number of aromatic nitrogens is 1. The lowest BCUT2D eigenvalue weighted by atomic mass is 10.1. The molecule has 0 bridgehead atoms. The molecular formula is C17H23N3O. The minimum atomic E-state index is -0.256. The van der Waals surface area contributed by atoms with E-state index in [-0.39, 0.29) is 17.5 Å². The number of hydrogen-bond donors (Lipinski definition) is 1. The van der Waals surface area contributed by atoms with Crippen molar-refractivity contribution in [2.75, 3.05) is 0 Å². The Kier molecular flexibility index (Phi) is 4.52. The average molecular weight is 285 g/mol. The third-order valence-electron chi connectivity index (χ3n) is 3.74. The molecule has 1 N–H and O–H groups in total. The van der Waals surface area contributed by atoms with Crippen molar-refractivity contribution in [3.8, 4) is 6.07 Å². The van der Waals surface area contributed by atoms with Gasteiger partial charge in [0.1, 0.15) is 11.6 Å². The molecule has 0 saturated heterocycles. The highest BCUT2D eigenvalue weighted by atomic mass is 16.1. The molecule has 1 fully saturated rings. The van der Waals surface area contributed by atoms with Gasteiger partial charge in [-0.15, -0.1) is 0 Å². The third-order valence-corrected chi connectivity index (χ3v) is 3.74. The van der Waals surface area contributed by atoms with Crippen LogP contribution in [-0.2, 0) is 11.3 Å². The number of hydrogen-bond acceptors (Lipinski definition) is 2. The summed E-state index contributed by atoms with van der Waals surface area (Å²) in [6.45, 7) is 9.40. The first-order valence-corrected chi connectivity index (χ1v) is 7.51. The molecule has 1 aromatic rings. The van der Waals surface area contributed by atoms with Gasteiger partial charge in [0, 0.05) is 24.0 Å². The quantitative estimate of drug-likeness (QED) is 0.668. The maximum Gasteiger partial charge on any atom is 0.262 e. The maximum absolute atomic E-state index is 12.0. The highest BCUT2D eigenvalue weighted by molar-refractivity contribution is 6.02. The normalized spacial score (nSPS) is 15.1. The summed E-state index contributed by atoms with van der Waals surface area (Å²) < 4.78 is 2.24. The number of amides is 1. The molecule has 1 amide bonds. The predicted molar refractivity (Wildman–Crippen MR) is 83.5 cm³/mol. The van der Waals surface area contributed by atoms with Crippen LogP contribution in [0.5, 0.6) is 0 Å². The van der Waals surface area contributed by atoms with Crippen LogP contribution in [0.15, 0.2) is 11.6 Å². The fourth-order valence-corrected chi connectivity index (χ4v) is 2.41. The molecule has 1 aliphatic carbocycles. The van der Waals surface area contributed by atoms with Gasteiger partial charge in [-0.25, -0.2) is 0 Å². The Labute approximate surface area is 126 Å². The topological polar surface area (TPSA) is 57.8 Å². The van der Waals surface area contributed by atoms with Crippen LogP contribution >= 0.6 is 0 Å². The van der Waals surface area contributed by atoms with E-state index in [9.17, 15) is 10.1 Å². The summed E-state index contributed by atoms with van der Waals surface area (Å²) in [6, 6.07) is 4.33. The summed E-state index contributed by atoms with van der Waals surface area (Å²) in [7, 11) is 0. The van der Waals surface area contributed by atoms with Gasteiger partial charge in [0.15, 0.2) is 0 Å². The molecule has 1 aromatic heterocycles. The number of aryl methyl sites for hydroxylation is 1. The Bertz CT molecular complexity index is 613. The Balaban J connectivity index is 2.25. The van der Waals surface area contributed by atoms with Gasteiger partial charge >= 0.3 is 0 Å². The molecule has 2 rings (SSSR count). The number of rotatable bonds is 5. The van der Waals surface area contributed by atoms with E-state index in [1.165, 1.54) is 0 Å². The summed E-state index contributed by atoms with van der Waals surface area (Å²) >= 11 is 0. The van der Waals surface area contributed by atoms with E-state index in [1.54, 1.807) is 6.08 Å². The third kappa shape index (κ3) is 3.75. The van der Waals surface area contributed by atoms with Crippen molar-refractivity contribution in [3.05, 3.63) is 28.6 Å². The van der Waals surface area contributed by atoms with Gasteiger partial charge in [0.2, 0.25) is 0 Å². The minimum absolute atomic E-state index is 0.187. The zero-order valence-corrected chi connectivity index (χ0v) is 13.2. The van der Waals surface area contributed by atoms with Crippen LogP contribution in [0.4, 0.5) is 0 Å². The van der Waals surface area contributed by atoms with Crippen LogP contribution < -0.4 is 5.32 Å². The number of nitrogens with zero attached hydrogens (tertiary/aromatic N) is 2. The number of carbonyl (C=O) groups excluding carboxylic acids is 1. The molecule has 4 nitrogen and oxygen atoms in total. The largest absolute Gasteiger partial charge is 0.349 e. The van der Waals surface area contributed by atoms with Gasteiger partial charge in [0.05, 0.1) is 0 Å². The van der Waals surface area contributed by atoms with E-state index in [2.05, 4.69) is 30.7 Å². The second kappa shape index (κ2) is 6.17. The Morgan fingerprint density at radius 2 is 2.19 bits per heavy atom. The lowest BCUT2D eigenvalue weighted by Gasteiger charge is -2.12. The summed E-state index contributed by atoms with van der Waals surface area (Å²) in [6.07, 6.45) is 3.75. The zero-order valence-electron chi connectivity index (χ0n) is 13.2. The van der Waals surface area contributed by atoms with Crippen LogP contribution in [0.2, 0.25) is 0 Å². The molecule has 0 aromatic carbocycles. The highest BCUT2D eigenvalue weighted by Gasteiger charge is 2.25. The van der Waals surface area contributed by atoms with Crippen molar-refractivity contribution >= 4 is 12.0 Å². The zero-order chi connectivity index (χ0) is 15.6. The van der Waals surface area contributed by atoms with E-state index in [0.29, 0.717) is 5.92 Å². The fourth-order valence-electron chi connectivity index (χ4n) is 2.41. The number of nitriles is 1. The fraction of sp³-hybridized carbons (Fsp3) is 0.529. The Morgan fingerprint density at radius 1 is 1.52 bits per heavy atom. The Morgan fingerprint density at radius 3 is 2.71 bits per heavy atom. The van der Waals surface area contributed by atoms with Crippen LogP contribution in [0.1, 0.15) is 43.6 Å². The van der Waals surface area contributed by atoms with E-state index in [1.807, 2.05) is 19.1 Å². The maximum atomic E-state index is 12.0. The van der Waals surface area contributed by atoms with Gasteiger partial charge in [-0.2, -0.15) is 5.26 Å². The van der Waals surface area contributed by atoms with Crippen molar-refractivity contribution in [2.45, 2.75) is 53.1 Å². The van der Waals surface area contributed by atoms with E-state index < -0.39 is 0 Å². The van der Waals surface area contributed by atoms with Crippen LogP contribution in [-0.4, -0.2) is 16.5 Å². The minimum Gasteiger partial charge on any atom is -0.349 e. The summed E-state index contributed by atoms with van der Waals surface area (Å²) in [5.74, 6) is 0.300. The van der Waals surface area contributed by atoms with Crippen LogP contribution in [0.25, 0.3) is 6.08 Å². The molecule has 0 spiro atoms. The molecule has 21 heavy (non-hydrogen) atoms. The smallest absolute Gasteiger partial charge is 0.262 e. The lowest BCUT2D eigenvalue weighted by molar-refractivity contribution is -0.117. The van der Waals surface area contributed by atoms with Crippen molar-refractivity contribution in [1.29, 1.82) is 5.26 Å². The molecule has 1 saturated carbocycles. The second-order valence-corrected chi connectivity index (χ2v) is 6.25. The van der Waals surface area contributed by atoms with Crippen LogP contribution in [0.3, 0.4) is 0 Å². The molecule has 0 aliphatic heterocycles. The highest BCUT2D eigenvalue weighted by Crippen LogP contribution is 2.21. The van der Waals surface area contributed by atoms with E-state index in [0.717, 1.165) is 36.3 Å².